The minimum absolute atomic E-state index is 0.111. The van der Waals surface area contributed by atoms with Crippen LogP contribution in [0.3, 0.4) is 0 Å². The monoisotopic (exact) mass is 262 g/mol. The molecule has 0 saturated carbocycles. The van der Waals surface area contributed by atoms with Crippen molar-refractivity contribution in [1.29, 1.82) is 5.26 Å². The summed E-state index contributed by atoms with van der Waals surface area (Å²) in [6.45, 7) is 4.28. The Morgan fingerprint density at radius 3 is 2.68 bits per heavy atom. The molecular formula is C16H23FN2. The number of halogens is 1. The number of rotatable bonds is 8. The summed E-state index contributed by atoms with van der Waals surface area (Å²) in [6.07, 6.45) is 7.30. The zero-order chi connectivity index (χ0) is 14.1. The molecule has 0 bridgehead atoms. The van der Waals surface area contributed by atoms with E-state index in [0.29, 0.717) is 5.69 Å². The molecule has 0 aliphatic heterocycles. The van der Waals surface area contributed by atoms with Crippen molar-refractivity contribution in [2.75, 3.05) is 5.32 Å². The predicted molar refractivity (Wildman–Crippen MR) is 77.6 cm³/mol. The fourth-order valence-corrected chi connectivity index (χ4v) is 2.15. The van der Waals surface area contributed by atoms with E-state index in [2.05, 4.69) is 19.2 Å². The molecule has 1 aromatic carbocycles. The maximum absolute atomic E-state index is 13.4. The molecule has 0 aromatic heterocycles. The van der Waals surface area contributed by atoms with Crippen LogP contribution in [0.4, 0.5) is 10.1 Å². The molecule has 0 radical (unpaired) electrons. The minimum Gasteiger partial charge on any atom is -0.381 e. The number of nitrogens with zero attached hydrogens (tertiary/aromatic N) is 1. The van der Waals surface area contributed by atoms with Gasteiger partial charge in [0, 0.05) is 6.04 Å². The Hall–Kier alpha value is -1.56. The van der Waals surface area contributed by atoms with E-state index in [0.717, 1.165) is 6.42 Å². The number of unbranched alkanes of at least 4 members (excludes halogenated alkanes) is 4. The first-order valence-electron chi connectivity index (χ1n) is 7.14. The Balaban J connectivity index is 2.42. The first-order valence-corrected chi connectivity index (χ1v) is 7.14. The zero-order valence-corrected chi connectivity index (χ0v) is 11.9. The largest absolute Gasteiger partial charge is 0.381 e. The number of nitrogens with one attached hydrogen (secondary N) is 1. The highest BCUT2D eigenvalue weighted by Crippen LogP contribution is 2.20. The van der Waals surface area contributed by atoms with Gasteiger partial charge in [0.25, 0.3) is 0 Å². The highest BCUT2D eigenvalue weighted by atomic mass is 19.1. The normalized spacial score (nSPS) is 11.9. The van der Waals surface area contributed by atoms with Crippen LogP contribution < -0.4 is 5.32 Å². The van der Waals surface area contributed by atoms with Crippen molar-refractivity contribution in [3.63, 3.8) is 0 Å². The molecule has 104 valence electrons. The summed E-state index contributed by atoms with van der Waals surface area (Å²) >= 11 is 0. The van der Waals surface area contributed by atoms with Crippen LogP contribution in [-0.4, -0.2) is 6.04 Å². The van der Waals surface area contributed by atoms with Gasteiger partial charge in [-0.2, -0.15) is 5.26 Å². The van der Waals surface area contributed by atoms with E-state index < -0.39 is 5.82 Å². The number of hydrogen-bond donors (Lipinski definition) is 1. The van der Waals surface area contributed by atoms with Crippen molar-refractivity contribution in [3.05, 3.63) is 29.6 Å². The Kier molecular flexibility index (Phi) is 6.95. The third kappa shape index (κ3) is 5.30. The topological polar surface area (TPSA) is 35.8 Å². The predicted octanol–water partition coefficient (Wildman–Crippen LogP) is 4.86. The molecule has 2 nitrogen and oxygen atoms in total. The SMILES string of the molecule is CCCCCCCC(C)Nc1cccc(F)c1C#N. The summed E-state index contributed by atoms with van der Waals surface area (Å²) < 4.78 is 13.4. The molecule has 3 heteroatoms. The van der Waals surface area contributed by atoms with Gasteiger partial charge in [0.1, 0.15) is 17.4 Å². The zero-order valence-electron chi connectivity index (χ0n) is 11.9. The summed E-state index contributed by atoms with van der Waals surface area (Å²) in [5.74, 6) is -0.456. The Morgan fingerprint density at radius 1 is 1.26 bits per heavy atom. The van der Waals surface area contributed by atoms with Gasteiger partial charge in [0.2, 0.25) is 0 Å². The van der Waals surface area contributed by atoms with Gasteiger partial charge >= 0.3 is 0 Å². The van der Waals surface area contributed by atoms with Crippen LogP contribution in [0.1, 0.15) is 57.9 Å². The van der Waals surface area contributed by atoms with Crippen LogP contribution in [0, 0.1) is 17.1 Å². The fraction of sp³-hybridized carbons (Fsp3) is 0.562. The summed E-state index contributed by atoms with van der Waals surface area (Å²) in [6, 6.07) is 6.88. The molecular weight excluding hydrogens is 239 g/mol. The molecule has 1 unspecified atom stereocenters. The van der Waals surface area contributed by atoms with E-state index in [4.69, 9.17) is 5.26 Å². The average Bonchev–Trinajstić information content (AvgIpc) is 2.39. The van der Waals surface area contributed by atoms with Crippen LogP contribution in [0.15, 0.2) is 18.2 Å². The van der Waals surface area contributed by atoms with Crippen molar-refractivity contribution in [3.8, 4) is 6.07 Å². The van der Waals surface area contributed by atoms with Crippen LogP contribution in [0.5, 0.6) is 0 Å². The molecule has 0 saturated heterocycles. The lowest BCUT2D eigenvalue weighted by molar-refractivity contribution is 0.577. The molecule has 0 spiro atoms. The van der Waals surface area contributed by atoms with Crippen molar-refractivity contribution in [2.45, 2.75) is 58.4 Å². The molecule has 0 aliphatic carbocycles. The number of anilines is 1. The third-order valence-corrected chi connectivity index (χ3v) is 3.27. The fourth-order valence-electron chi connectivity index (χ4n) is 2.15. The van der Waals surface area contributed by atoms with Gasteiger partial charge in [-0.05, 0) is 25.5 Å². The first kappa shape index (κ1) is 15.5. The van der Waals surface area contributed by atoms with Gasteiger partial charge in [-0.1, -0.05) is 45.1 Å². The van der Waals surface area contributed by atoms with Crippen LogP contribution in [0.2, 0.25) is 0 Å². The van der Waals surface area contributed by atoms with Gasteiger partial charge in [-0.15, -0.1) is 0 Å². The van der Waals surface area contributed by atoms with Gasteiger partial charge in [-0.3, -0.25) is 0 Å². The van der Waals surface area contributed by atoms with Crippen LogP contribution in [0.25, 0.3) is 0 Å². The third-order valence-electron chi connectivity index (χ3n) is 3.27. The van der Waals surface area contributed by atoms with E-state index in [1.54, 1.807) is 12.1 Å². The minimum atomic E-state index is -0.456. The van der Waals surface area contributed by atoms with E-state index >= 15 is 0 Å². The molecule has 1 N–H and O–H groups in total. The Bertz CT molecular complexity index is 423. The van der Waals surface area contributed by atoms with Crippen LogP contribution in [-0.2, 0) is 0 Å². The lowest BCUT2D eigenvalue weighted by atomic mass is 10.1. The van der Waals surface area contributed by atoms with E-state index in [1.807, 2.05) is 6.07 Å². The smallest absolute Gasteiger partial charge is 0.143 e. The summed E-state index contributed by atoms with van der Waals surface area (Å²) in [4.78, 5) is 0. The number of hydrogen-bond acceptors (Lipinski definition) is 2. The van der Waals surface area contributed by atoms with Gasteiger partial charge < -0.3 is 5.32 Å². The van der Waals surface area contributed by atoms with Gasteiger partial charge in [0.05, 0.1) is 5.69 Å². The first-order chi connectivity index (χ1) is 9.19. The van der Waals surface area contributed by atoms with Crippen molar-refractivity contribution >= 4 is 5.69 Å². The Labute approximate surface area is 115 Å². The molecule has 1 rings (SSSR count). The molecule has 0 heterocycles. The summed E-state index contributed by atoms with van der Waals surface area (Å²) in [7, 11) is 0. The van der Waals surface area contributed by atoms with Crippen molar-refractivity contribution in [1.82, 2.24) is 0 Å². The molecule has 0 aliphatic rings. The van der Waals surface area contributed by atoms with Crippen LogP contribution >= 0.6 is 0 Å². The highest BCUT2D eigenvalue weighted by Gasteiger charge is 2.09. The standard InChI is InChI=1S/C16H23FN2/c1-3-4-5-6-7-9-13(2)19-16-11-8-10-15(17)14(16)12-18/h8,10-11,13,19H,3-7,9H2,1-2H3. The highest BCUT2D eigenvalue weighted by molar-refractivity contribution is 5.58. The molecule has 19 heavy (non-hydrogen) atoms. The van der Waals surface area contributed by atoms with E-state index in [1.165, 1.54) is 38.2 Å². The van der Waals surface area contributed by atoms with E-state index in [-0.39, 0.29) is 11.6 Å². The summed E-state index contributed by atoms with van der Waals surface area (Å²) in [5, 5.41) is 12.2. The van der Waals surface area contributed by atoms with Gasteiger partial charge in [-0.25, -0.2) is 4.39 Å². The molecule has 1 aromatic rings. The second-order valence-electron chi connectivity index (χ2n) is 5.02. The summed E-state index contributed by atoms with van der Waals surface area (Å²) in [5.41, 5.74) is 0.712. The van der Waals surface area contributed by atoms with Crippen molar-refractivity contribution in [2.24, 2.45) is 0 Å². The lowest BCUT2D eigenvalue weighted by Gasteiger charge is -2.16. The average molecular weight is 262 g/mol. The number of nitriles is 1. The van der Waals surface area contributed by atoms with Gasteiger partial charge in [0.15, 0.2) is 0 Å². The molecule has 0 amide bonds. The maximum Gasteiger partial charge on any atom is 0.143 e. The maximum atomic E-state index is 13.4. The van der Waals surface area contributed by atoms with Crippen molar-refractivity contribution < 1.29 is 4.39 Å². The lowest BCUT2D eigenvalue weighted by Crippen LogP contribution is -2.16. The Morgan fingerprint density at radius 2 is 2.00 bits per heavy atom. The number of benzene rings is 1. The molecule has 1 atom stereocenters. The molecule has 0 fully saturated rings. The second-order valence-corrected chi connectivity index (χ2v) is 5.02. The second kappa shape index (κ2) is 8.53. The quantitative estimate of drug-likeness (QED) is 0.679. The van der Waals surface area contributed by atoms with E-state index in [9.17, 15) is 4.39 Å².